The summed E-state index contributed by atoms with van der Waals surface area (Å²) < 4.78 is 4.73. The summed E-state index contributed by atoms with van der Waals surface area (Å²) in [6, 6.07) is 60.7. The molecule has 10 rings (SSSR count). The van der Waals surface area contributed by atoms with Crippen LogP contribution in [0.4, 0.5) is 0 Å². The van der Waals surface area contributed by atoms with Crippen LogP contribution in [0.3, 0.4) is 0 Å². The van der Waals surface area contributed by atoms with Crippen molar-refractivity contribution in [2.24, 2.45) is 0 Å². The van der Waals surface area contributed by atoms with E-state index in [0.29, 0.717) is 0 Å². The van der Waals surface area contributed by atoms with Gasteiger partial charge in [0, 0.05) is 21.5 Å². The minimum Gasteiger partial charge on any atom is -1.00 e. The van der Waals surface area contributed by atoms with Crippen molar-refractivity contribution in [3.8, 4) is 11.4 Å². The molecule has 0 aliphatic rings. The Morgan fingerprint density at radius 1 is 0.340 bits per heavy atom. The maximum Gasteiger partial charge on any atom is 4.00 e. The van der Waals surface area contributed by atoms with Gasteiger partial charge in [-0.15, -0.1) is 82.2 Å². The molecule has 0 saturated carbocycles. The molecule has 0 unspecified atom stereocenters. The topological polar surface area (TPSA) is 9.86 Å². The summed E-state index contributed by atoms with van der Waals surface area (Å²) in [4.78, 5) is 0. The number of hydrogen-bond acceptors (Lipinski definition) is 0. The fourth-order valence-corrected chi connectivity index (χ4v) is 6.93. The second-order valence-corrected chi connectivity index (χ2v) is 11.4. The minimum absolute atomic E-state index is 0. The molecule has 2 heterocycles. The van der Waals surface area contributed by atoms with Gasteiger partial charge in [-0.2, -0.15) is 0 Å². The van der Waals surface area contributed by atoms with Gasteiger partial charge in [0.2, 0.25) is 0 Å². The molecule has 2 aromatic heterocycles. The van der Waals surface area contributed by atoms with E-state index in [0.717, 1.165) is 0 Å². The van der Waals surface area contributed by atoms with Crippen LogP contribution in [0, 0.1) is 0 Å². The van der Waals surface area contributed by atoms with Gasteiger partial charge in [0.05, 0.1) is 22.1 Å². The van der Waals surface area contributed by atoms with Gasteiger partial charge < -0.3 is 33.9 Å². The smallest absolute Gasteiger partial charge is 1.00 e. The van der Waals surface area contributed by atoms with Crippen molar-refractivity contribution < 1.29 is 46.5 Å². The van der Waals surface area contributed by atoms with Crippen molar-refractivity contribution in [3.05, 3.63) is 170 Å². The first-order valence-electron chi connectivity index (χ1n) is 15.1. The van der Waals surface area contributed by atoms with Crippen LogP contribution < -0.4 is 24.8 Å². The predicted molar refractivity (Wildman–Crippen MR) is 188 cm³/mol. The molecular formula is C42H28Cl2N2Ti. The van der Waals surface area contributed by atoms with Crippen LogP contribution in [0.5, 0.6) is 0 Å². The molecule has 0 aliphatic heterocycles. The van der Waals surface area contributed by atoms with Gasteiger partial charge in [0.15, 0.2) is 0 Å². The molecule has 8 aromatic carbocycles. The third-order valence-electron chi connectivity index (χ3n) is 8.88. The molecular weight excluding hydrogens is 651 g/mol. The minimum atomic E-state index is 0. The van der Waals surface area contributed by atoms with Crippen LogP contribution in [-0.4, -0.2) is 9.13 Å². The standard InChI is InChI=1S/2C21H14N.2ClH.Ti/c2*1-2-8-16-14-17(13-15(16)7-1)22-20-11-5-3-9-18(20)19-10-4-6-12-21(19)22;;;/h2*1-14H;2*1H;/q2*-1;;;+4/p-2. The first-order chi connectivity index (χ1) is 21.8. The molecule has 0 N–H and O–H groups in total. The second kappa shape index (κ2) is 13.3. The summed E-state index contributed by atoms with van der Waals surface area (Å²) in [7, 11) is 0. The monoisotopic (exact) mass is 678 g/mol. The zero-order chi connectivity index (χ0) is 29.0. The van der Waals surface area contributed by atoms with Crippen LogP contribution in [0.2, 0.25) is 0 Å². The first-order valence-corrected chi connectivity index (χ1v) is 15.1. The number of aromatic nitrogens is 2. The molecule has 224 valence electrons. The van der Waals surface area contributed by atoms with Gasteiger partial charge in [0.1, 0.15) is 0 Å². The predicted octanol–water partition coefficient (Wildman–Crippen LogP) is 5.32. The van der Waals surface area contributed by atoms with Crippen molar-refractivity contribution >= 4 is 65.2 Å². The van der Waals surface area contributed by atoms with E-state index in [-0.39, 0.29) is 46.5 Å². The van der Waals surface area contributed by atoms with E-state index in [1.54, 1.807) is 0 Å². The van der Waals surface area contributed by atoms with E-state index in [4.69, 9.17) is 0 Å². The van der Waals surface area contributed by atoms with E-state index in [9.17, 15) is 0 Å². The Labute approximate surface area is 300 Å². The van der Waals surface area contributed by atoms with E-state index in [1.165, 1.54) is 76.5 Å². The largest absolute Gasteiger partial charge is 4.00 e. The van der Waals surface area contributed by atoms with Crippen LogP contribution >= 0.6 is 0 Å². The number of fused-ring (bicyclic) bond motifs is 8. The third kappa shape index (κ3) is 5.38. The van der Waals surface area contributed by atoms with Gasteiger partial charge in [-0.1, -0.05) is 84.9 Å². The number of nitrogens with zero attached hydrogens (tertiary/aromatic N) is 2. The average molecular weight is 679 g/mol. The van der Waals surface area contributed by atoms with E-state index in [2.05, 4.69) is 179 Å². The van der Waals surface area contributed by atoms with Gasteiger partial charge >= 0.3 is 21.7 Å². The Bertz CT molecular complexity index is 2280. The zero-order valence-electron chi connectivity index (χ0n) is 25.3. The maximum absolute atomic E-state index is 2.37. The summed E-state index contributed by atoms with van der Waals surface area (Å²) in [5.74, 6) is 0. The number of benzene rings is 6. The normalized spacial score (nSPS) is 10.9. The van der Waals surface area contributed by atoms with Crippen molar-refractivity contribution in [3.63, 3.8) is 0 Å². The zero-order valence-corrected chi connectivity index (χ0v) is 28.4. The van der Waals surface area contributed by atoms with E-state index < -0.39 is 0 Å². The number of para-hydroxylation sites is 4. The summed E-state index contributed by atoms with van der Waals surface area (Å²) in [5.41, 5.74) is 7.52. The van der Waals surface area contributed by atoms with Crippen molar-refractivity contribution in [2.45, 2.75) is 0 Å². The molecule has 0 saturated heterocycles. The van der Waals surface area contributed by atoms with E-state index >= 15 is 0 Å². The summed E-state index contributed by atoms with van der Waals surface area (Å²) in [5, 5.41) is 10.4. The second-order valence-electron chi connectivity index (χ2n) is 11.4. The molecule has 0 atom stereocenters. The molecule has 0 bridgehead atoms. The molecule has 5 heteroatoms. The fourth-order valence-electron chi connectivity index (χ4n) is 6.93. The van der Waals surface area contributed by atoms with Gasteiger partial charge in [-0.05, 0) is 35.6 Å². The van der Waals surface area contributed by atoms with Gasteiger partial charge in [0.25, 0.3) is 0 Å². The fraction of sp³-hybridized carbons (Fsp3) is 0. The van der Waals surface area contributed by atoms with Gasteiger partial charge in [-0.25, -0.2) is 0 Å². The molecule has 0 radical (unpaired) electrons. The van der Waals surface area contributed by atoms with Crippen molar-refractivity contribution in [1.29, 1.82) is 0 Å². The Balaban J connectivity index is 0.000000155. The quantitative estimate of drug-likeness (QED) is 0.173. The Kier molecular flexibility index (Phi) is 9.15. The molecule has 10 aromatic rings. The molecule has 0 aliphatic carbocycles. The molecule has 0 fully saturated rings. The summed E-state index contributed by atoms with van der Waals surface area (Å²) in [6.07, 6.45) is 0. The van der Waals surface area contributed by atoms with Crippen LogP contribution in [0.1, 0.15) is 0 Å². The molecule has 0 spiro atoms. The maximum atomic E-state index is 2.37. The van der Waals surface area contributed by atoms with Crippen LogP contribution in [0.25, 0.3) is 76.5 Å². The SMILES string of the molecule is [Cl-].[Cl-].[Ti+4].c1ccc2[cH-]c(-n3c4ccccc4c4ccccc43)cc2c1.c1ccc2[cH-]c(-n3c4ccccc4c4ccccc43)cc2c1. The Morgan fingerprint density at radius 3 is 0.936 bits per heavy atom. The summed E-state index contributed by atoms with van der Waals surface area (Å²) >= 11 is 0. The molecule has 47 heavy (non-hydrogen) atoms. The van der Waals surface area contributed by atoms with Crippen LogP contribution in [0.15, 0.2) is 170 Å². The Hall–Kier alpha value is -4.57. The first kappa shape index (κ1) is 32.4. The van der Waals surface area contributed by atoms with Crippen molar-refractivity contribution in [1.82, 2.24) is 9.13 Å². The van der Waals surface area contributed by atoms with Crippen LogP contribution in [-0.2, 0) is 21.7 Å². The average Bonchev–Trinajstić information content (AvgIpc) is 3.85. The number of rotatable bonds is 2. The van der Waals surface area contributed by atoms with Crippen molar-refractivity contribution in [2.75, 3.05) is 0 Å². The Morgan fingerprint density at radius 2 is 0.617 bits per heavy atom. The number of hydrogen-bond donors (Lipinski definition) is 0. The molecule has 0 amide bonds. The van der Waals surface area contributed by atoms with E-state index in [1.807, 2.05) is 0 Å². The molecule has 2 nitrogen and oxygen atoms in total. The summed E-state index contributed by atoms with van der Waals surface area (Å²) in [6.45, 7) is 0. The van der Waals surface area contributed by atoms with Gasteiger partial charge in [-0.3, -0.25) is 0 Å². The third-order valence-corrected chi connectivity index (χ3v) is 8.88. The number of halogens is 2.